The molecule has 2 aromatic heterocycles. The van der Waals surface area contributed by atoms with Crippen molar-refractivity contribution in [2.45, 2.75) is 16.6 Å². The van der Waals surface area contributed by atoms with Crippen LogP contribution in [-0.2, 0) is 6.54 Å². The summed E-state index contributed by atoms with van der Waals surface area (Å²) < 4.78 is 7.48. The molecule has 0 aliphatic rings. The Morgan fingerprint density at radius 2 is 1.77 bits per heavy atom. The summed E-state index contributed by atoms with van der Waals surface area (Å²) in [5.41, 5.74) is 9.00. The zero-order chi connectivity index (χ0) is 20.5. The van der Waals surface area contributed by atoms with Crippen LogP contribution in [0.3, 0.4) is 0 Å². The van der Waals surface area contributed by atoms with E-state index >= 15 is 0 Å². The van der Waals surface area contributed by atoms with Gasteiger partial charge in [0.15, 0.2) is 11.0 Å². The average Bonchev–Trinajstić information content (AvgIpc) is 3.13. The molecule has 5 nitrogen and oxygen atoms in total. The van der Waals surface area contributed by atoms with Gasteiger partial charge in [0.1, 0.15) is 11.3 Å². The van der Waals surface area contributed by atoms with Crippen molar-refractivity contribution >= 4 is 39.4 Å². The first-order valence-electron chi connectivity index (χ1n) is 9.62. The van der Waals surface area contributed by atoms with Crippen molar-refractivity contribution in [1.29, 1.82) is 0 Å². The third-order valence-electron chi connectivity index (χ3n) is 5.11. The molecule has 0 saturated heterocycles. The van der Waals surface area contributed by atoms with Crippen LogP contribution >= 0.6 is 11.8 Å². The number of benzene rings is 3. The number of nitrogens with two attached hydrogens (primary N) is 1. The minimum absolute atomic E-state index is 0.445. The number of pyridine rings is 1. The molecule has 5 rings (SSSR count). The highest BCUT2D eigenvalue weighted by atomic mass is 32.2. The molecule has 2 N–H and O–H groups in total. The predicted octanol–water partition coefficient (Wildman–Crippen LogP) is 5.37. The van der Waals surface area contributed by atoms with Gasteiger partial charge in [-0.2, -0.15) is 0 Å². The lowest BCUT2D eigenvalue weighted by Gasteiger charge is -2.11. The summed E-state index contributed by atoms with van der Waals surface area (Å²) in [7, 11) is 1.67. The Hall–Kier alpha value is -3.51. The Morgan fingerprint density at radius 1 is 0.967 bits per heavy atom. The lowest BCUT2D eigenvalue weighted by molar-refractivity contribution is 0.414. The molecule has 0 bridgehead atoms. The molecule has 0 aliphatic carbocycles. The number of nitrogen functional groups attached to an aromatic ring is 1. The molecule has 0 spiro atoms. The average molecular weight is 413 g/mol. The number of aromatic nitrogens is 3. The summed E-state index contributed by atoms with van der Waals surface area (Å²) in [6.07, 6.45) is 1.73. The smallest absolute Gasteiger partial charge is 0.174 e. The number of methoxy groups -OCH3 is 1. The summed E-state index contributed by atoms with van der Waals surface area (Å²) in [6.45, 7) is 0.678. The molecule has 0 saturated carbocycles. The molecule has 0 fully saturated rings. The SMILES string of the molecule is COc1ccc(Cn2c(Sc3cccc4ccccc34)nc3c(N)nccc32)cc1. The van der Waals surface area contributed by atoms with E-state index in [0.717, 1.165) is 32.4 Å². The van der Waals surface area contributed by atoms with Gasteiger partial charge >= 0.3 is 0 Å². The van der Waals surface area contributed by atoms with E-state index in [1.54, 1.807) is 25.1 Å². The van der Waals surface area contributed by atoms with Gasteiger partial charge in [0.2, 0.25) is 0 Å². The lowest BCUT2D eigenvalue weighted by atomic mass is 10.1. The van der Waals surface area contributed by atoms with Crippen molar-refractivity contribution in [2.75, 3.05) is 12.8 Å². The molecular weight excluding hydrogens is 392 g/mol. The fraction of sp³-hybridized carbons (Fsp3) is 0.0833. The summed E-state index contributed by atoms with van der Waals surface area (Å²) in [6, 6.07) is 24.8. The van der Waals surface area contributed by atoms with Crippen molar-refractivity contribution < 1.29 is 4.74 Å². The fourth-order valence-corrected chi connectivity index (χ4v) is 4.63. The second kappa shape index (κ2) is 7.72. The van der Waals surface area contributed by atoms with Gasteiger partial charge in [-0.15, -0.1) is 0 Å². The van der Waals surface area contributed by atoms with E-state index in [-0.39, 0.29) is 0 Å². The molecule has 30 heavy (non-hydrogen) atoms. The number of hydrogen-bond donors (Lipinski definition) is 1. The number of fused-ring (bicyclic) bond motifs is 2. The highest BCUT2D eigenvalue weighted by molar-refractivity contribution is 7.99. The second-order valence-corrected chi connectivity index (χ2v) is 7.98. The van der Waals surface area contributed by atoms with E-state index in [1.807, 2.05) is 18.2 Å². The number of nitrogens with zero attached hydrogens (tertiary/aromatic N) is 3. The number of hydrogen-bond acceptors (Lipinski definition) is 5. The van der Waals surface area contributed by atoms with Crippen LogP contribution in [0.5, 0.6) is 5.75 Å². The van der Waals surface area contributed by atoms with Crippen molar-refractivity contribution in [1.82, 2.24) is 14.5 Å². The van der Waals surface area contributed by atoms with Crippen molar-refractivity contribution in [3.63, 3.8) is 0 Å². The Kier molecular flexibility index (Phi) is 4.77. The third-order valence-corrected chi connectivity index (χ3v) is 6.18. The van der Waals surface area contributed by atoms with Gasteiger partial charge in [-0.1, -0.05) is 60.3 Å². The quantitative estimate of drug-likeness (QED) is 0.420. The van der Waals surface area contributed by atoms with Crippen LogP contribution in [0, 0.1) is 0 Å². The normalized spacial score (nSPS) is 11.2. The molecule has 6 heteroatoms. The van der Waals surface area contributed by atoms with Gasteiger partial charge in [-0.25, -0.2) is 9.97 Å². The summed E-state index contributed by atoms with van der Waals surface area (Å²) in [5, 5.41) is 3.30. The largest absolute Gasteiger partial charge is 0.497 e. The van der Waals surface area contributed by atoms with Crippen molar-refractivity contribution in [2.24, 2.45) is 0 Å². The first-order chi connectivity index (χ1) is 14.7. The van der Waals surface area contributed by atoms with Crippen LogP contribution < -0.4 is 10.5 Å². The first kappa shape index (κ1) is 18.5. The standard InChI is InChI=1S/C24H20N4OS/c1-29-18-11-9-16(10-12-18)15-28-20-13-14-26-23(25)22(20)27-24(28)30-21-8-4-6-17-5-2-3-7-19(17)21/h2-14H,15H2,1H3,(H2,25,26). The molecule has 0 amide bonds. The molecule has 0 unspecified atom stereocenters. The van der Waals surface area contributed by atoms with E-state index in [0.29, 0.717) is 12.4 Å². The second-order valence-electron chi connectivity index (χ2n) is 6.97. The number of ether oxygens (including phenoxy) is 1. The van der Waals surface area contributed by atoms with E-state index in [2.05, 4.69) is 64.1 Å². The number of imidazole rings is 1. The Balaban J connectivity index is 1.61. The zero-order valence-corrected chi connectivity index (χ0v) is 17.3. The zero-order valence-electron chi connectivity index (χ0n) is 16.4. The van der Waals surface area contributed by atoms with Crippen LogP contribution in [0.1, 0.15) is 5.56 Å². The molecule has 0 atom stereocenters. The van der Waals surface area contributed by atoms with Crippen LogP contribution in [-0.4, -0.2) is 21.6 Å². The maximum atomic E-state index is 6.14. The Bertz CT molecular complexity index is 1340. The summed E-state index contributed by atoms with van der Waals surface area (Å²) >= 11 is 1.65. The Morgan fingerprint density at radius 3 is 2.60 bits per heavy atom. The van der Waals surface area contributed by atoms with E-state index in [4.69, 9.17) is 15.5 Å². The monoisotopic (exact) mass is 412 g/mol. The van der Waals surface area contributed by atoms with Gasteiger partial charge in [-0.05, 0) is 40.6 Å². The van der Waals surface area contributed by atoms with E-state index < -0.39 is 0 Å². The van der Waals surface area contributed by atoms with Crippen LogP contribution in [0.4, 0.5) is 5.82 Å². The summed E-state index contributed by atoms with van der Waals surface area (Å²) in [5.74, 6) is 1.29. The van der Waals surface area contributed by atoms with Gasteiger partial charge in [0.05, 0.1) is 19.2 Å². The van der Waals surface area contributed by atoms with Crippen LogP contribution in [0.2, 0.25) is 0 Å². The minimum atomic E-state index is 0.445. The van der Waals surface area contributed by atoms with Gasteiger partial charge < -0.3 is 15.0 Å². The van der Waals surface area contributed by atoms with Crippen LogP contribution in [0.15, 0.2) is 89.0 Å². The summed E-state index contributed by atoms with van der Waals surface area (Å²) in [4.78, 5) is 10.2. The molecule has 3 aromatic carbocycles. The topological polar surface area (TPSA) is 66.0 Å². The number of rotatable bonds is 5. The van der Waals surface area contributed by atoms with Crippen molar-refractivity contribution in [3.05, 3.63) is 84.6 Å². The van der Waals surface area contributed by atoms with Crippen molar-refractivity contribution in [3.8, 4) is 5.75 Å². The fourth-order valence-electron chi connectivity index (χ4n) is 3.58. The van der Waals surface area contributed by atoms with Crippen LogP contribution in [0.25, 0.3) is 21.8 Å². The molecule has 0 radical (unpaired) electrons. The number of anilines is 1. The van der Waals surface area contributed by atoms with E-state index in [1.165, 1.54) is 10.8 Å². The maximum Gasteiger partial charge on any atom is 0.174 e. The molecular formula is C24H20N4OS. The highest BCUT2D eigenvalue weighted by Gasteiger charge is 2.16. The Labute approximate surface area is 178 Å². The molecule has 2 heterocycles. The molecule has 5 aromatic rings. The third kappa shape index (κ3) is 3.35. The van der Waals surface area contributed by atoms with Gasteiger partial charge in [0.25, 0.3) is 0 Å². The van der Waals surface area contributed by atoms with Gasteiger partial charge in [-0.3, -0.25) is 0 Å². The van der Waals surface area contributed by atoms with Gasteiger partial charge in [0, 0.05) is 11.1 Å². The van der Waals surface area contributed by atoms with E-state index in [9.17, 15) is 0 Å². The maximum absolute atomic E-state index is 6.14. The first-order valence-corrected chi connectivity index (χ1v) is 10.4. The molecule has 148 valence electrons. The lowest BCUT2D eigenvalue weighted by Crippen LogP contribution is -2.02. The highest BCUT2D eigenvalue weighted by Crippen LogP contribution is 2.36. The predicted molar refractivity (Wildman–Crippen MR) is 122 cm³/mol. The minimum Gasteiger partial charge on any atom is -0.497 e. The molecule has 0 aliphatic heterocycles.